The van der Waals surface area contributed by atoms with E-state index in [1.807, 2.05) is 36.4 Å². The zero-order chi connectivity index (χ0) is 14.1. The standard InChI is InChI=1S/C16H16ClN3/c1-2-20-15-7-6-12(17)10-14(15)19-16(20)9-11-4-3-5-13(18)8-11/h3-8,10H,2,9,18H2,1H3. The van der Waals surface area contributed by atoms with Gasteiger partial charge in [-0.1, -0.05) is 23.7 Å². The lowest BCUT2D eigenvalue weighted by atomic mass is 10.1. The average Bonchev–Trinajstić information content (AvgIpc) is 2.74. The summed E-state index contributed by atoms with van der Waals surface area (Å²) in [5.74, 6) is 1.04. The molecule has 0 amide bonds. The van der Waals surface area contributed by atoms with Crippen molar-refractivity contribution in [3.8, 4) is 0 Å². The number of nitrogen functional groups attached to an aromatic ring is 1. The molecule has 0 aliphatic carbocycles. The van der Waals surface area contributed by atoms with Gasteiger partial charge in [-0.2, -0.15) is 0 Å². The molecule has 0 saturated carbocycles. The highest BCUT2D eigenvalue weighted by molar-refractivity contribution is 6.31. The second-order valence-electron chi connectivity index (χ2n) is 4.83. The fourth-order valence-corrected chi connectivity index (χ4v) is 2.69. The molecule has 0 radical (unpaired) electrons. The lowest BCUT2D eigenvalue weighted by Crippen LogP contribution is -2.02. The normalized spacial score (nSPS) is 11.1. The van der Waals surface area contributed by atoms with Gasteiger partial charge in [-0.15, -0.1) is 0 Å². The van der Waals surface area contributed by atoms with E-state index in [1.54, 1.807) is 0 Å². The predicted octanol–water partition coefficient (Wildman–Crippen LogP) is 3.88. The first-order chi connectivity index (χ1) is 9.67. The first-order valence-electron chi connectivity index (χ1n) is 6.66. The molecule has 0 aliphatic heterocycles. The fourth-order valence-electron chi connectivity index (χ4n) is 2.53. The molecule has 2 N–H and O–H groups in total. The highest BCUT2D eigenvalue weighted by Crippen LogP contribution is 2.22. The van der Waals surface area contributed by atoms with Gasteiger partial charge in [0.15, 0.2) is 0 Å². The Hall–Kier alpha value is -2.00. The number of benzene rings is 2. The maximum atomic E-state index is 6.04. The van der Waals surface area contributed by atoms with Crippen LogP contribution >= 0.6 is 11.6 Å². The third kappa shape index (κ3) is 2.37. The van der Waals surface area contributed by atoms with E-state index >= 15 is 0 Å². The summed E-state index contributed by atoms with van der Waals surface area (Å²) in [6.45, 7) is 3.01. The number of imidazole rings is 1. The van der Waals surface area contributed by atoms with E-state index < -0.39 is 0 Å². The first kappa shape index (κ1) is 13.0. The molecule has 0 aliphatic rings. The summed E-state index contributed by atoms with van der Waals surface area (Å²) in [5, 5.41) is 0.716. The molecule has 3 rings (SSSR count). The van der Waals surface area contributed by atoms with E-state index in [9.17, 15) is 0 Å². The van der Waals surface area contributed by atoms with Gasteiger partial charge in [0, 0.05) is 23.7 Å². The molecule has 0 saturated heterocycles. The number of anilines is 1. The Kier molecular flexibility index (Phi) is 3.36. The number of fused-ring (bicyclic) bond motifs is 1. The van der Waals surface area contributed by atoms with E-state index in [4.69, 9.17) is 22.3 Å². The minimum atomic E-state index is 0.716. The Morgan fingerprint density at radius 1 is 1.20 bits per heavy atom. The van der Waals surface area contributed by atoms with Gasteiger partial charge in [0.25, 0.3) is 0 Å². The maximum absolute atomic E-state index is 6.04. The third-order valence-corrected chi connectivity index (χ3v) is 3.65. The molecule has 2 aromatic carbocycles. The second-order valence-corrected chi connectivity index (χ2v) is 5.26. The Bertz CT molecular complexity index is 762. The summed E-state index contributed by atoms with van der Waals surface area (Å²) < 4.78 is 2.22. The van der Waals surface area contributed by atoms with Crippen molar-refractivity contribution in [2.45, 2.75) is 19.9 Å². The first-order valence-corrected chi connectivity index (χ1v) is 7.04. The molecule has 0 spiro atoms. The van der Waals surface area contributed by atoms with Crippen LogP contribution in [0.25, 0.3) is 11.0 Å². The minimum absolute atomic E-state index is 0.716. The second kappa shape index (κ2) is 5.17. The Labute approximate surface area is 123 Å². The topological polar surface area (TPSA) is 43.8 Å². The monoisotopic (exact) mass is 285 g/mol. The van der Waals surface area contributed by atoms with E-state index in [2.05, 4.69) is 17.6 Å². The number of aromatic nitrogens is 2. The van der Waals surface area contributed by atoms with Crippen LogP contribution in [-0.4, -0.2) is 9.55 Å². The Balaban J connectivity index is 2.06. The molecule has 3 nitrogen and oxygen atoms in total. The Morgan fingerprint density at radius 3 is 2.80 bits per heavy atom. The van der Waals surface area contributed by atoms with Crippen molar-refractivity contribution in [3.63, 3.8) is 0 Å². The van der Waals surface area contributed by atoms with Gasteiger partial charge >= 0.3 is 0 Å². The van der Waals surface area contributed by atoms with Gasteiger partial charge in [-0.05, 0) is 42.8 Å². The molecule has 4 heteroatoms. The van der Waals surface area contributed by atoms with Crippen LogP contribution in [-0.2, 0) is 13.0 Å². The summed E-state index contributed by atoms with van der Waals surface area (Å²) in [6.07, 6.45) is 0.769. The van der Waals surface area contributed by atoms with Crippen LogP contribution in [0.2, 0.25) is 5.02 Å². The molecule has 102 valence electrons. The maximum Gasteiger partial charge on any atom is 0.114 e. The van der Waals surface area contributed by atoms with Crippen LogP contribution in [0.4, 0.5) is 5.69 Å². The number of hydrogen-bond donors (Lipinski definition) is 1. The molecule has 0 fully saturated rings. The van der Waals surface area contributed by atoms with Crippen LogP contribution in [0.3, 0.4) is 0 Å². The van der Waals surface area contributed by atoms with Crippen LogP contribution < -0.4 is 5.73 Å². The number of nitrogens with zero attached hydrogens (tertiary/aromatic N) is 2. The van der Waals surface area contributed by atoms with Crippen molar-refractivity contribution in [2.24, 2.45) is 0 Å². The van der Waals surface area contributed by atoms with Crippen molar-refractivity contribution < 1.29 is 0 Å². The molecule has 1 heterocycles. The van der Waals surface area contributed by atoms with Gasteiger partial charge < -0.3 is 10.3 Å². The molecule has 1 aromatic heterocycles. The van der Waals surface area contributed by atoms with E-state index in [-0.39, 0.29) is 0 Å². The van der Waals surface area contributed by atoms with Crippen LogP contribution in [0.1, 0.15) is 18.3 Å². The minimum Gasteiger partial charge on any atom is -0.399 e. The summed E-state index contributed by atoms with van der Waals surface area (Å²) in [7, 11) is 0. The average molecular weight is 286 g/mol. The van der Waals surface area contributed by atoms with E-state index in [0.717, 1.165) is 35.5 Å². The van der Waals surface area contributed by atoms with Crippen molar-refractivity contribution in [1.29, 1.82) is 0 Å². The van der Waals surface area contributed by atoms with Crippen LogP contribution in [0.15, 0.2) is 42.5 Å². The van der Waals surface area contributed by atoms with E-state index in [1.165, 1.54) is 5.56 Å². The van der Waals surface area contributed by atoms with Gasteiger partial charge in [-0.3, -0.25) is 0 Å². The summed E-state index contributed by atoms with van der Waals surface area (Å²) in [4.78, 5) is 4.71. The highest BCUT2D eigenvalue weighted by atomic mass is 35.5. The molecule has 3 aromatic rings. The van der Waals surface area contributed by atoms with Crippen molar-refractivity contribution in [2.75, 3.05) is 5.73 Å². The largest absolute Gasteiger partial charge is 0.399 e. The molecule has 0 unspecified atom stereocenters. The summed E-state index contributed by atoms with van der Waals surface area (Å²) >= 11 is 6.04. The van der Waals surface area contributed by atoms with Crippen molar-refractivity contribution in [1.82, 2.24) is 9.55 Å². The zero-order valence-corrected chi connectivity index (χ0v) is 12.1. The molecule has 0 atom stereocenters. The van der Waals surface area contributed by atoms with Gasteiger partial charge in [0.05, 0.1) is 11.0 Å². The van der Waals surface area contributed by atoms with Crippen molar-refractivity contribution in [3.05, 3.63) is 58.9 Å². The quantitative estimate of drug-likeness (QED) is 0.742. The Morgan fingerprint density at radius 2 is 2.05 bits per heavy atom. The lowest BCUT2D eigenvalue weighted by molar-refractivity contribution is 0.734. The fraction of sp³-hybridized carbons (Fsp3) is 0.188. The number of halogens is 1. The SMILES string of the molecule is CCn1c(Cc2cccc(N)c2)nc2cc(Cl)ccc21. The smallest absolute Gasteiger partial charge is 0.114 e. The molecule has 20 heavy (non-hydrogen) atoms. The number of hydrogen-bond acceptors (Lipinski definition) is 2. The molecule has 0 bridgehead atoms. The number of aryl methyl sites for hydroxylation is 1. The zero-order valence-electron chi connectivity index (χ0n) is 11.3. The van der Waals surface area contributed by atoms with Crippen LogP contribution in [0.5, 0.6) is 0 Å². The van der Waals surface area contributed by atoms with Gasteiger partial charge in [-0.25, -0.2) is 4.98 Å². The molecular weight excluding hydrogens is 270 g/mol. The predicted molar refractivity (Wildman–Crippen MR) is 84.1 cm³/mol. The summed E-state index contributed by atoms with van der Waals surface area (Å²) in [6, 6.07) is 13.8. The van der Waals surface area contributed by atoms with E-state index in [0.29, 0.717) is 5.02 Å². The van der Waals surface area contributed by atoms with Gasteiger partial charge in [0.2, 0.25) is 0 Å². The third-order valence-electron chi connectivity index (χ3n) is 3.42. The van der Waals surface area contributed by atoms with Crippen molar-refractivity contribution >= 4 is 28.3 Å². The highest BCUT2D eigenvalue weighted by Gasteiger charge is 2.10. The number of rotatable bonds is 3. The summed E-state index contributed by atoms with van der Waals surface area (Å²) in [5.41, 5.74) is 9.85. The molecular formula is C16H16ClN3. The number of nitrogens with two attached hydrogens (primary N) is 1. The lowest BCUT2D eigenvalue weighted by Gasteiger charge is -2.06. The van der Waals surface area contributed by atoms with Gasteiger partial charge in [0.1, 0.15) is 5.82 Å². The van der Waals surface area contributed by atoms with Crippen LogP contribution in [0, 0.1) is 0 Å².